The largest absolute Gasteiger partial charge is 0.382 e. The van der Waals surface area contributed by atoms with Gasteiger partial charge in [0.15, 0.2) is 6.29 Å². The van der Waals surface area contributed by atoms with Crippen LogP contribution in [-0.2, 0) is 18.9 Å². The highest BCUT2D eigenvalue weighted by Gasteiger charge is 2.54. The fourth-order valence-electron chi connectivity index (χ4n) is 2.38. The first kappa shape index (κ1) is 17.9. The normalized spacial score (nSPS) is 33.8. The average Bonchev–Trinajstić information content (AvgIpc) is 2.66. The average molecular weight is 290 g/mol. The molecule has 20 heavy (non-hydrogen) atoms. The second-order valence-electron chi connectivity index (χ2n) is 5.54. The number of rotatable bonds is 10. The summed E-state index contributed by atoms with van der Waals surface area (Å²) in [5.41, 5.74) is -1.15. The molecule has 4 atom stereocenters. The Bertz CT molecular complexity index is 257. The Morgan fingerprint density at radius 1 is 1.15 bits per heavy atom. The third-order valence-electron chi connectivity index (χ3n) is 3.62. The minimum absolute atomic E-state index is 0.288. The lowest BCUT2D eigenvalue weighted by atomic mass is 9.97. The van der Waals surface area contributed by atoms with Crippen molar-refractivity contribution in [3.8, 4) is 0 Å². The Hall–Kier alpha value is -0.200. The maximum atomic E-state index is 10.6. The third kappa shape index (κ3) is 4.67. The second-order valence-corrected chi connectivity index (χ2v) is 5.54. The number of hydrogen-bond acceptors (Lipinski definition) is 5. The molecule has 1 saturated heterocycles. The van der Waals surface area contributed by atoms with Gasteiger partial charge in [0.1, 0.15) is 17.8 Å². The monoisotopic (exact) mass is 290 g/mol. The van der Waals surface area contributed by atoms with E-state index in [2.05, 4.69) is 13.8 Å². The molecule has 1 N–H and O–H groups in total. The molecule has 5 heteroatoms. The van der Waals surface area contributed by atoms with Crippen LogP contribution >= 0.6 is 0 Å². The number of ether oxygens (including phenoxy) is 4. The molecule has 0 spiro atoms. The molecule has 0 aromatic heterocycles. The molecule has 1 aliphatic rings. The van der Waals surface area contributed by atoms with E-state index in [-0.39, 0.29) is 6.10 Å². The number of unbranched alkanes of at least 4 members (excludes halogenated alkanes) is 2. The summed E-state index contributed by atoms with van der Waals surface area (Å²) in [6.45, 7) is 7.67. The summed E-state index contributed by atoms with van der Waals surface area (Å²) < 4.78 is 22.4. The van der Waals surface area contributed by atoms with E-state index in [9.17, 15) is 5.11 Å². The van der Waals surface area contributed by atoms with Gasteiger partial charge in [-0.15, -0.1) is 0 Å². The summed E-state index contributed by atoms with van der Waals surface area (Å²) in [4.78, 5) is 0. The van der Waals surface area contributed by atoms with Crippen LogP contribution in [0.1, 0.15) is 46.5 Å². The molecule has 1 rings (SSSR count). The van der Waals surface area contributed by atoms with Gasteiger partial charge in [-0.05, 0) is 19.8 Å². The zero-order chi connectivity index (χ0) is 15.0. The summed E-state index contributed by atoms with van der Waals surface area (Å²) in [7, 11) is 1.53. The minimum atomic E-state index is -1.15. The van der Waals surface area contributed by atoms with Crippen LogP contribution in [0.25, 0.3) is 0 Å². The van der Waals surface area contributed by atoms with Gasteiger partial charge < -0.3 is 24.1 Å². The summed E-state index contributed by atoms with van der Waals surface area (Å²) in [5, 5.41) is 10.6. The van der Waals surface area contributed by atoms with Crippen molar-refractivity contribution >= 4 is 0 Å². The van der Waals surface area contributed by atoms with Gasteiger partial charge in [0.25, 0.3) is 0 Å². The Labute approximate surface area is 122 Å². The molecule has 0 bridgehead atoms. The summed E-state index contributed by atoms with van der Waals surface area (Å²) in [6, 6.07) is 0. The number of hydrogen-bond donors (Lipinski definition) is 1. The molecule has 5 nitrogen and oxygen atoms in total. The van der Waals surface area contributed by atoms with Gasteiger partial charge >= 0.3 is 0 Å². The first-order valence-corrected chi connectivity index (χ1v) is 7.67. The predicted molar refractivity (Wildman–Crippen MR) is 76.7 cm³/mol. The molecular weight excluding hydrogens is 260 g/mol. The predicted octanol–water partition coefficient (Wildman–Crippen LogP) is 2.11. The molecule has 0 aliphatic carbocycles. The van der Waals surface area contributed by atoms with E-state index in [1.165, 1.54) is 7.11 Å². The highest BCUT2D eigenvalue weighted by Crippen LogP contribution is 2.34. The number of aliphatic hydroxyl groups is 1. The van der Waals surface area contributed by atoms with Crippen molar-refractivity contribution in [3.05, 3.63) is 0 Å². The van der Waals surface area contributed by atoms with Gasteiger partial charge in [0.2, 0.25) is 0 Å². The van der Waals surface area contributed by atoms with E-state index in [0.29, 0.717) is 19.8 Å². The molecule has 0 aromatic carbocycles. The third-order valence-corrected chi connectivity index (χ3v) is 3.62. The van der Waals surface area contributed by atoms with E-state index in [0.717, 1.165) is 25.7 Å². The van der Waals surface area contributed by atoms with Crippen LogP contribution in [-0.4, -0.2) is 56.1 Å². The summed E-state index contributed by atoms with van der Waals surface area (Å²) in [5.74, 6) is 0. The SMILES string of the molecule is CCCCOC[C@H]1O[C@H](OC)[C@](C)(O)C1OCCCC. The van der Waals surface area contributed by atoms with Crippen molar-refractivity contribution in [1.29, 1.82) is 0 Å². The van der Waals surface area contributed by atoms with E-state index >= 15 is 0 Å². The topological polar surface area (TPSA) is 57.2 Å². The Morgan fingerprint density at radius 3 is 2.40 bits per heavy atom. The van der Waals surface area contributed by atoms with E-state index in [1.807, 2.05) is 0 Å². The van der Waals surface area contributed by atoms with Crippen LogP contribution in [0, 0.1) is 0 Å². The van der Waals surface area contributed by atoms with E-state index in [4.69, 9.17) is 18.9 Å². The minimum Gasteiger partial charge on any atom is -0.382 e. The van der Waals surface area contributed by atoms with E-state index < -0.39 is 18.0 Å². The van der Waals surface area contributed by atoms with Crippen molar-refractivity contribution in [2.75, 3.05) is 26.9 Å². The quantitative estimate of drug-likeness (QED) is 0.625. The van der Waals surface area contributed by atoms with Crippen LogP contribution in [0.4, 0.5) is 0 Å². The van der Waals surface area contributed by atoms with Gasteiger partial charge in [-0.25, -0.2) is 0 Å². The molecule has 1 unspecified atom stereocenters. The van der Waals surface area contributed by atoms with Gasteiger partial charge in [-0.2, -0.15) is 0 Å². The zero-order valence-corrected chi connectivity index (χ0v) is 13.3. The molecule has 0 saturated carbocycles. The molecule has 0 aromatic rings. The number of methoxy groups -OCH3 is 1. The summed E-state index contributed by atoms with van der Waals surface area (Å²) >= 11 is 0. The smallest absolute Gasteiger partial charge is 0.188 e. The molecule has 120 valence electrons. The molecule has 0 amide bonds. The molecule has 1 fully saturated rings. The molecular formula is C15H30O5. The van der Waals surface area contributed by atoms with Gasteiger partial charge in [-0.1, -0.05) is 26.7 Å². The Morgan fingerprint density at radius 2 is 1.80 bits per heavy atom. The maximum absolute atomic E-state index is 10.6. The van der Waals surface area contributed by atoms with Crippen molar-refractivity contribution in [1.82, 2.24) is 0 Å². The lowest BCUT2D eigenvalue weighted by molar-refractivity contribution is -0.189. The van der Waals surface area contributed by atoms with Crippen LogP contribution in [0.2, 0.25) is 0 Å². The van der Waals surface area contributed by atoms with Gasteiger partial charge in [-0.3, -0.25) is 0 Å². The highest BCUT2D eigenvalue weighted by atomic mass is 16.7. The lowest BCUT2D eigenvalue weighted by Gasteiger charge is -2.29. The zero-order valence-electron chi connectivity index (χ0n) is 13.3. The lowest BCUT2D eigenvalue weighted by Crippen LogP contribution is -2.48. The fourth-order valence-corrected chi connectivity index (χ4v) is 2.38. The van der Waals surface area contributed by atoms with Crippen LogP contribution in [0.15, 0.2) is 0 Å². The van der Waals surface area contributed by atoms with Crippen molar-refractivity contribution in [2.45, 2.75) is 70.6 Å². The fraction of sp³-hybridized carbons (Fsp3) is 1.00. The van der Waals surface area contributed by atoms with Crippen molar-refractivity contribution < 1.29 is 24.1 Å². The van der Waals surface area contributed by atoms with Gasteiger partial charge in [0, 0.05) is 20.3 Å². The van der Waals surface area contributed by atoms with Crippen molar-refractivity contribution in [3.63, 3.8) is 0 Å². The molecule has 1 heterocycles. The standard InChI is InChI=1S/C15H30O5/c1-5-7-9-18-11-12-13(19-10-8-6-2)15(3,16)14(17-4)20-12/h12-14,16H,5-11H2,1-4H3/t12-,13?,14+,15-/m1/s1. The summed E-state index contributed by atoms with van der Waals surface area (Å²) in [6.07, 6.45) is 2.77. The van der Waals surface area contributed by atoms with Gasteiger partial charge in [0.05, 0.1) is 6.61 Å². The first-order valence-electron chi connectivity index (χ1n) is 7.67. The van der Waals surface area contributed by atoms with E-state index in [1.54, 1.807) is 6.92 Å². The van der Waals surface area contributed by atoms with Crippen molar-refractivity contribution in [2.24, 2.45) is 0 Å². The Balaban J connectivity index is 2.54. The van der Waals surface area contributed by atoms with Crippen LogP contribution in [0.5, 0.6) is 0 Å². The maximum Gasteiger partial charge on any atom is 0.188 e. The Kier molecular flexibility index (Phi) is 7.99. The second kappa shape index (κ2) is 8.95. The highest BCUT2D eigenvalue weighted by molar-refractivity contribution is 4.98. The first-order chi connectivity index (χ1) is 9.57. The van der Waals surface area contributed by atoms with Crippen LogP contribution in [0.3, 0.4) is 0 Å². The van der Waals surface area contributed by atoms with Crippen LogP contribution < -0.4 is 0 Å². The molecule has 1 aliphatic heterocycles. The molecule has 0 radical (unpaired) electrons.